The van der Waals surface area contributed by atoms with E-state index in [9.17, 15) is 4.79 Å². The second kappa shape index (κ2) is 7.25. The van der Waals surface area contributed by atoms with Gasteiger partial charge < -0.3 is 16.0 Å². The number of amides is 1. The second-order valence-corrected chi connectivity index (χ2v) is 7.45. The van der Waals surface area contributed by atoms with Crippen molar-refractivity contribution >= 4 is 11.7 Å². The van der Waals surface area contributed by atoms with Crippen LogP contribution in [0.15, 0.2) is 42.6 Å². The van der Waals surface area contributed by atoms with Gasteiger partial charge in [0.05, 0.1) is 5.69 Å². The number of anilines is 1. The van der Waals surface area contributed by atoms with Crippen molar-refractivity contribution in [2.24, 2.45) is 5.73 Å². The van der Waals surface area contributed by atoms with Crippen LogP contribution in [0.4, 0.5) is 5.82 Å². The summed E-state index contributed by atoms with van der Waals surface area (Å²) in [6.45, 7) is 3.37. The fraction of sp³-hybridized carbons (Fsp3) is 0.273. The van der Waals surface area contributed by atoms with Gasteiger partial charge in [0, 0.05) is 54.6 Å². The van der Waals surface area contributed by atoms with Crippen LogP contribution < -0.4 is 16.0 Å². The van der Waals surface area contributed by atoms with Gasteiger partial charge in [-0.05, 0) is 36.7 Å². The Bertz CT molecular complexity index is 1080. The minimum atomic E-state index is -0.437. The molecule has 5 rings (SSSR count). The molecule has 0 radical (unpaired) electrons. The van der Waals surface area contributed by atoms with Gasteiger partial charge in [-0.1, -0.05) is 18.2 Å². The van der Waals surface area contributed by atoms with Gasteiger partial charge in [0.25, 0.3) is 0 Å². The smallest absolute Gasteiger partial charge is 0.248 e. The normalized spacial score (nSPS) is 15.5. The van der Waals surface area contributed by atoms with Crippen LogP contribution >= 0.6 is 0 Å². The molecule has 7 nitrogen and oxygen atoms in total. The molecule has 29 heavy (non-hydrogen) atoms. The Kier molecular flexibility index (Phi) is 4.44. The Balaban J connectivity index is 1.56. The van der Waals surface area contributed by atoms with Crippen LogP contribution in [0.25, 0.3) is 11.4 Å². The SMILES string of the molecule is NC(=O)c1ccc(-c2nc3c(c(N4CCc5ncccc5C4)n2)CCNC3)cc1. The average Bonchev–Trinajstić information content (AvgIpc) is 2.78. The highest BCUT2D eigenvalue weighted by atomic mass is 16.1. The molecule has 7 heteroatoms. The number of rotatable bonds is 3. The summed E-state index contributed by atoms with van der Waals surface area (Å²) in [5.74, 6) is 1.25. The van der Waals surface area contributed by atoms with Gasteiger partial charge in [-0.2, -0.15) is 0 Å². The molecule has 0 bridgehead atoms. The van der Waals surface area contributed by atoms with Crippen LogP contribution in [0.1, 0.15) is 32.9 Å². The van der Waals surface area contributed by atoms with Gasteiger partial charge in [0.2, 0.25) is 5.91 Å². The first-order chi connectivity index (χ1) is 14.2. The van der Waals surface area contributed by atoms with Crippen molar-refractivity contribution in [3.05, 3.63) is 70.7 Å². The van der Waals surface area contributed by atoms with Gasteiger partial charge in [0.15, 0.2) is 5.82 Å². The lowest BCUT2D eigenvalue weighted by atomic mass is 10.0. The maximum Gasteiger partial charge on any atom is 0.248 e. The van der Waals surface area contributed by atoms with E-state index in [1.54, 1.807) is 12.1 Å². The summed E-state index contributed by atoms with van der Waals surface area (Å²) in [6, 6.07) is 11.3. The average molecular weight is 386 g/mol. The molecule has 0 saturated heterocycles. The third kappa shape index (κ3) is 3.34. The number of hydrogen-bond donors (Lipinski definition) is 2. The van der Waals surface area contributed by atoms with Crippen molar-refractivity contribution in [1.82, 2.24) is 20.3 Å². The molecule has 0 unspecified atom stereocenters. The number of pyridine rings is 1. The summed E-state index contributed by atoms with van der Waals surface area (Å²) in [4.78, 5) is 28.0. The fourth-order valence-electron chi connectivity index (χ4n) is 4.06. The molecule has 0 atom stereocenters. The number of aromatic nitrogens is 3. The molecule has 146 valence electrons. The van der Waals surface area contributed by atoms with E-state index in [1.165, 1.54) is 16.8 Å². The highest BCUT2D eigenvalue weighted by Crippen LogP contribution is 2.30. The van der Waals surface area contributed by atoms with Crippen molar-refractivity contribution in [1.29, 1.82) is 0 Å². The van der Waals surface area contributed by atoms with E-state index in [0.29, 0.717) is 11.4 Å². The Morgan fingerprint density at radius 2 is 1.93 bits per heavy atom. The highest BCUT2D eigenvalue weighted by molar-refractivity contribution is 5.93. The molecule has 1 aromatic carbocycles. The first-order valence-corrected chi connectivity index (χ1v) is 9.87. The number of nitrogens with two attached hydrogens (primary N) is 1. The van der Waals surface area contributed by atoms with Gasteiger partial charge in [-0.15, -0.1) is 0 Å². The summed E-state index contributed by atoms with van der Waals surface area (Å²) in [7, 11) is 0. The van der Waals surface area contributed by atoms with E-state index >= 15 is 0 Å². The van der Waals surface area contributed by atoms with Gasteiger partial charge in [-0.25, -0.2) is 9.97 Å². The fourth-order valence-corrected chi connectivity index (χ4v) is 4.06. The maximum absolute atomic E-state index is 11.4. The molecule has 2 aromatic heterocycles. The standard InChI is InChI=1S/C22H22N6O/c23-20(29)14-3-5-15(6-4-14)21-26-19-12-24-10-7-17(19)22(27-21)28-11-8-18-16(13-28)2-1-9-25-18/h1-6,9,24H,7-8,10-13H2,(H2,23,29). The first kappa shape index (κ1) is 17.8. The summed E-state index contributed by atoms with van der Waals surface area (Å²) in [6.07, 6.45) is 3.69. The number of nitrogens with one attached hydrogen (secondary N) is 1. The van der Waals surface area contributed by atoms with E-state index in [-0.39, 0.29) is 0 Å². The number of hydrogen-bond acceptors (Lipinski definition) is 6. The summed E-state index contributed by atoms with van der Waals surface area (Å²) in [5, 5.41) is 3.41. The van der Waals surface area contributed by atoms with E-state index in [4.69, 9.17) is 15.7 Å². The highest BCUT2D eigenvalue weighted by Gasteiger charge is 2.25. The van der Waals surface area contributed by atoms with E-state index in [0.717, 1.165) is 56.1 Å². The Morgan fingerprint density at radius 3 is 2.76 bits per heavy atom. The van der Waals surface area contributed by atoms with Crippen molar-refractivity contribution in [2.45, 2.75) is 25.9 Å². The van der Waals surface area contributed by atoms with Crippen molar-refractivity contribution in [3.63, 3.8) is 0 Å². The molecular weight excluding hydrogens is 364 g/mol. The van der Waals surface area contributed by atoms with Crippen LogP contribution in [0.2, 0.25) is 0 Å². The van der Waals surface area contributed by atoms with E-state index in [1.807, 2.05) is 24.4 Å². The zero-order chi connectivity index (χ0) is 19.8. The number of carbonyl (C=O) groups is 1. The lowest BCUT2D eigenvalue weighted by Crippen LogP contribution is -2.35. The maximum atomic E-state index is 11.4. The van der Waals surface area contributed by atoms with Crippen molar-refractivity contribution in [3.8, 4) is 11.4 Å². The van der Waals surface area contributed by atoms with Gasteiger partial charge >= 0.3 is 0 Å². The van der Waals surface area contributed by atoms with Gasteiger partial charge in [0.1, 0.15) is 5.82 Å². The molecule has 0 spiro atoms. The molecule has 0 aliphatic carbocycles. The van der Waals surface area contributed by atoms with E-state index < -0.39 is 5.91 Å². The molecular formula is C22H22N6O. The van der Waals surface area contributed by atoms with Crippen LogP contribution in [0.5, 0.6) is 0 Å². The lowest BCUT2D eigenvalue weighted by molar-refractivity contribution is 0.100. The van der Waals surface area contributed by atoms with Crippen molar-refractivity contribution < 1.29 is 4.79 Å². The van der Waals surface area contributed by atoms with Crippen LogP contribution in [0, 0.1) is 0 Å². The third-order valence-electron chi connectivity index (χ3n) is 5.61. The number of carbonyl (C=O) groups excluding carboxylic acids is 1. The third-order valence-corrected chi connectivity index (χ3v) is 5.61. The lowest BCUT2D eigenvalue weighted by Gasteiger charge is -2.32. The number of primary amides is 1. The second-order valence-electron chi connectivity index (χ2n) is 7.45. The van der Waals surface area contributed by atoms with Crippen LogP contribution in [0.3, 0.4) is 0 Å². The monoisotopic (exact) mass is 386 g/mol. The zero-order valence-corrected chi connectivity index (χ0v) is 16.1. The predicted octanol–water partition coefficient (Wildman–Crippen LogP) is 1.85. The Morgan fingerprint density at radius 1 is 1.07 bits per heavy atom. The van der Waals surface area contributed by atoms with Crippen LogP contribution in [-0.2, 0) is 25.9 Å². The van der Waals surface area contributed by atoms with E-state index in [2.05, 4.69) is 21.3 Å². The molecule has 3 aromatic rings. The summed E-state index contributed by atoms with van der Waals surface area (Å²) in [5.41, 5.74) is 11.4. The minimum Gasteiger partial charge on any atom is -0.366 e. The molecule has 4 heterocycles. The Hall–Kier alpha value is -3.32. The first-order valence-electron chi connectivity index (χ1n) is 9.87. The van der Waals surface area contributed by atoms with Gasteiger partial charge in [-0.3, -0.25) is 9.78 Å². The minimum absolute atomic E-state index is 0.437. The summed E-state index contributed by atoms with van der Waals surface area (Å²) < 4.78 is 0. The summed E-state index contributed by atoms with van der Waals surface area (Å²) >= 11 is 0. The number of benzene rings is 1. The molecule has 2 aliphatic heterocycles. The molecule has 0 fully saturated rings. The zero-order valence-electron chi connectivity index (χ0n) is 16.1. The number of fused-ring (bicyclic) bond motifs is 2. The molecule has 0 saturated carbocycles. The topological polar surface area (TPSA) is 97.0 Å². The predicted molar refractivity (Wildman–Crippen MR) is 110 cm³/mol. The molecule has 2 aliphatic rings. The largest absolute Gasteiger partial charge is 0.366 e. The number of nitrogens with zero attached hydrogens (tertiary/aromatic N) is 4. The van der Waals surface area contributed by atoms with Crippen LogP contribution in [-0.4, -0.2) is 33.9 Å². The molecule has 1 amide bonds. The Labute approximate surface area is 169 Å². The quantitative estimate of drug-likeness (QED) is 0.713. The molecule has 3 N–H and O–H groups in total. The van der Waals surface area contributed by atoms with Crippen molar-refractivity contribution in [2.75, 3.05) is 18.0 Å².